The molecule has 0 atom stereocenters. The fourth-order valence-corrected chi connectivity index (χ4v) is 2.17. The van der Waals surface area contributed by atoms with Gasteiger partial charge in [-0.25, -0.2) is 4.68 Å². The highest BCUT2D eigenvalue weighted by Crippen LogP contribution is 2.19. The number of aromatic nitrogens is 6. The topological polar surface area (TPSA) is 115 Å². The summed E-state index contributed by atoms with van der Waals surface area (Å²) >= 11 is 0. The number of H-pyrrole nitrogens is 1. The van der Waals surface area contributed by atoms with Gasteiger partial charge in [0.25, 0.3) is 5.91 Å². The summed E-state index contributed by atoms with van der Waals surface area (Å²) in [6, 6.07) is 12.3. The zero-order valence-corrected chi connectivity index (χ0v) is 12.2. The Morgan fingerprint density at radius 1 is 1.21 bits per heavy atom. The van der Waals surface area contributed by atoms with Crippen molar-refractivity contribution in [3.05, 3.63) is 60.7 Å². The van der Waals surface area contributed by atoms with Crippen molar-refractivity contribution in [3.63, 3.8) is 0 Å². The molecule has 0 spiro atoms. The van der Waals surface area contributed by atoms with Crippen LogP contribution >= 0.6 is 0 Å². The number of furan rings is 1. The van der Waals surface area contributed by atoms with Crippen LogP contribution in [0.5, 0.6) is 0 Å². The fourth-order valence-electron chi connectivity index (χ4n) is 2.17. The number of benzene rings is 1. The molecule has 1 aromatic carbocycles. The number of tetrazole rings is 1. The Labute approximate surface area is 135 Å². The molecular formula is C15H11N7O2. The van der Waals surface area contributed by atoms with Crippen LogP contribution in [-0.2, 0) is 0 Å². The second-order valence-electron chi connectivity index (χ2n) is 4.90. The summed E-state index contributed by atoms with van der Waals surface area (Å²) in [4.78, 5) is 12.2. The third-order valence-electron chi connectivity index (χ3n) is 3.34. The van der Waals surface area contributed by atoms with Crippen molar-refractivity contribution in [2.45, 2.75) is 0 Å². The van der Waals surface area contributed by atoms with Crippen molar-refractivity contribution >= 4 is 11.6 Å². The highest BCUT2D eigenvalue weighted by atomic mass is 16.3. The van der Waals surface area contributed by atoms with Gasteiger partial charge in [-0.15, -0.1) is 5.10 Å². The SMILES string of the molecule is O=C(Nc1ccc(-n2cnnn2)cc1)c1cc(-c2ccco2)[nH]n1. The first-order chi connectivity index (χ1) is 11.8. The molecule has 0 unspecified atom stereocenters. The van der Waals surface area contributed by atoms with Gasteiger partial charge in [0.2, 0.25) is 0 Å². The molecule has 0 aliphatic carbocycles. The van der Waals surface area contributed by atoms with E-state index in [1.807, 2.05) is 0 Å². The first kappa shape index (κ1) is 13.9. The van der Waals surface area contributed by atoms with Crippen LogP contribution in [0.3, 0.4) is 0 Å². The number of anilines is 1. The number of carbonyl (C=O) groups excluding carboxylic acids is 1. The fraction of sp³-hybridized carbons (Fsp3) is 0. The van der Waals surface area contributed by atoms with Gasteiger partial charge in [0, 0.05) is 11.8 Å². The standard InChI is InChI=1S/C15H11N7O2/c23-15(13-8-12(18-19-13)14-2-1-7-24-14)17-10-3-5-11(6-4-10)22-9-16-20-21-22/h1-9H,(H,17,23)(H,18,19). The number of nitrogens with one attached hydrogen (secondary N) is 2. The number of hydrogen-bond acceptors (Lipinski definition) is 6. The molecule has 0 aliphatic rings. The first-order valence-electron chi connectivity index (χ1n) is 7.04. The molecule has 0 saturated carbocycles. The van der Waals surface area contributed by atoms with E-state index in [-0.39, 0.29) is 11.6 Å². The van der Waals surface area contributed by atoms with Crippen molar-refractivity contribution in [1.82, 2.24) is 30.4 Å². The van der Waals surface area contributed by atoms with Gasteiger partial charge in [-0.05, 0) is 46.8 Å². The minimum Gasteiger partial charge on any atom is -0.463 e. The molecule has 0 bridgehead atoms. The molecule has 2 N–H and O–H groups in total. The van der Waals surface area contributed by atoms with Crippen LogP contribution < -0.4 is 5.32 Å². The van der Waals surface area contributed by atoms with Crippen molar-refractivity contribution in [2.75, 3.05) is 5.32 Å². The van der Waals surface area contributed by atoms with Crippen LogP contribution in [0.4, 0.5) is 5.69 Å². The summed E-state index contributed by atoms with van der Waals surface area (Å²) in [5, 5.41) is 20.5. The van der Waals surface area contributed by atoms with Crippen LogP contribution in [0, 0.1) is 0 Å². The van der Waals surface area contributed by atoms with E-state index >= 15 is 0 Å². The summed E-state index contributed by atoms with van der Waals surface area (Å²) in [5.41, 5.74) is 2.34. The van der Waals surface area contributed by atoms with E-state index in [9.17, 15) is 4.79 Å². The average molecular weight is 321 g/mol. The molecule has 3 heterocycles. The zero-order valence-electron chi connectivity index (χ0n) is 12.2. The number of nitrogens with zero attached hydrogens (tertiary/aromatic N) is 5. The third-order valence-corrected chi connectivity index (χ3v) is 3.34. The lowest BCUT2D eigenvalue weighted by molar-refractivity contribution is 0.102. The van der Waals surface area contributed by atoms with E-state index in [2.05, 4.69) is 31.0 Å². The molecule has 0 aliphatic heterocycles. The van der Waals surface area contributed by atoms with Gasteiger partial charge in [0.1, 0.15) is 12.0 Å². The summed E-state index contributed by atoms with van der Waals surface area (Å²) in [5.74, 6) is 0.298. The van der Waals surface area contributed by atoms with Crippen molar-refractivity contribution in [1.29, 1.82) is 0 Å². The molecule has 9 nitrogen and oxygen atoms in total. The Bertz CT molecular complexity index is 940. The highest BCUT2D eigenvalue weighted by Gasteiger charge is 2.13. The van der Waals surface area contributed by atoms with E-state index in [0.717, 1.165) is 5.69 Å². The molecule has 4 rings (SSSR count). The Balaban J connectivity index is 1.48. The number of rotatable bonds is 4. The van der Waals surface area contributed by atoms with Crippen LogP contribution in [0.15, 0.2) is 59.5 Å². The summed E-state index contributed by atoms with van der Waals surface area (Å²) < 4.78 is 6.78. The van der Waals surface area contributed by atoms with E-state index in [0.29, 0.717) is 17.1 Å². The van der Waals surface area contributed by atoms with E-state index < -0.39 is 0 Å². The maximum absolute atomic E-state index is 12.2. The predicted octanol–water partition coefficient (Wildman–Crippen LogP) is 1.90. The number of carbonyl (C=O) groups is 1. The lowest BCUT2D eigenvalue weighted by Gasteiger charge is -2.04. The summed E-state index contributed by atoms with van der Waals surface area (Å²) in [6.45, 7) is 0. The van der Waals surface area contributed by atoms with E-state index in [1.54, 1.807) is 48.7 Å². The maximum Gasteiger partial charge on any atom is 0.276 e. The second kappa shape index (κ2) is 5.80. The van der Waals surface area contributed by atoms with Crippen molar-refractivity contribution in [2.24, 2.45) is 0 Å². The molecule has 0 fully saturated rings. The van der Waals surface area contributed by atoms with Gasteiger partial charge in [-0.1, -0.05) is 0 Å². The summed E-state index contributed by atoms with van der Waals surface area (Å²) in [6.07, 6.45) is 3.05. The molecule has 1 amide bonds. The Kier molecular flexibility index (Phi) is 3.35. The maximum atomic E-state index is 12.2. The van der Waals surface area contributed by atoms with Gasteiger partial charge in [-0.2, -0.15) is 5.10 Å². The minimum absolute atomic E-state index is 0.269. The Hall–Kier alpha value is -3.75. The highest BCUT2D eigenvalue weighted by molar-refractivity contribution is 6.03. The molecule has 9 heteroatoms. The smallest absolute Gasteiger partial charge is 0.276 e. The quantitative estimate of drug-likeness (QED) is 0.593. The minimum atomic E-state index is -0.320. The molecule has 4 aromatic rings. The summed E-state index contributed by atoms with van der Waals surface area (Å²) in [7, 11) is 0. The lowest BCUT2D eigenvalue weighted by Crippen LogP contribution is -2.12. The van der Waals surface area contributed by atoms with Gasteiger partial charge in [0.15, 0.2) is 11.5 Å². The predicted molar refractivity (Wildman–Crippen MR) is 83.4 cm³/mol. The van der Waals surface area contributed by atoms with Gasteiger partial charge in [0.05, 0.1) is 12.0 Å². The van der Waals surface area contributed by atoms with E-state index in [4.69, 9.17) is 4.42 Å². The molecule has 0 saturated heterocycles. The van der Waals surface area contributed by atoms with Crippen molar-refractivity contribution < 1.29 is 9.21 Å². The van der Waals surface area contributed by atoms with Crippen LogP contribution in [0.1, 0.15) is 10.5 Å². The van der Waals surface area contributed by atoms with Gasteiger partial charge in [-0.3, -0.25) is 9.89 Å². The van der Waals surface area contributed by atoms with Gasteiger partial charge < -0.3 is 9.73 Å². The monoisotopic (exact) mass is 321 g/mol. The Morgan fingerprint density at radius 2 is 2.08 bits per heavy atom. The number of amides is 1. The van der Waals surface area contributed by atoms with Crippen LogP contribution in [-0.4, -0.2) is 36.3 Å². The molecular weight excluding hydrogens is 310 g/mol. The van der Waals surface area contributed by atoms with E-state index in [1.165, 1.54) is 11.0 Å². The normalized spacial score (nSPS) is 10.7. The zero-order chi connectivity index (χ0) is 16.4. The number of hydrogen-bond donors (Lipinski definition) is 2. The lowest BCUT2D eigenvalue weighted by atomic mass is 10.2. The van der Waals surface area contributed by atoms with Crippen LogP contribution in [0.2, 0.25) is 0 Å². The van der Waals surface area contributed by atoms with Gasteiger partial charge >= 0.3 is 0 Å². The molecule has 118 valence electrons. The van der Waals surface area contributed by atoms with Crippen LogP contribution in [0.25, 0.3) is 17.1 Å². The molecule has 3 aromatic heterocycles. The second-order valence-corrected chi connectivity index (χ2v) is 4.90. The largest absolute Gasteiger partial charge is 0.463 e. The average Bonchev–Trinajstić information content (AvgIpc) is 3.35. The number of aromatic amines is 1. The van der Waals surface area contributed by atoms with Crippen molar-refractivity contribution in [3.8, 4) is 17.1 Å². The molecule has 24 heavy (non-hydrogen) atoms. The third kappa shape index (κ3) is 2.65. The first-order valence-corrected chi connectivity index (χ1v) is 7.04. The molecule has 0 radical (unpaired) electrons. The Morgan fingerprint density at radius 3 is 2.79 bits per heavy atom.